The van der Waals surface area contributed by atoms with Gasteiger partial charge in [-0.1, -0.05) is 0 Å². The summed E-state index contributed by atoms with van der Waals surface area (Å²) in [7, 11) is 0.631. The van der Waals surface area contributed by atoms with Crippen LogP contribution in [0.1, 0.15) is 0 Å². The molecule has 5 nitrogen and oxygen atoms in total. The van der Waals surface area contributed by atoms with Gasteiger partial charge in [-0.25, -0.2) is 4.79 Å². The van der Waals surface area contributed by atoms with Crippen molar-refractivity contribution < 1.29 is 32.6 Å². The van der Waals surface area contributed by atoms with Gasteiger partial charge in [-0.15, -0.1) is 11.6 Å². The first-order valence-corrected chi connectivity index (χ1v) is 3.97. The number of hydrogen-bond donors (Lipinski definition) is 2. The molecule has 0 aromatic carbocycles. The van der Waals surface area contributed by atoms with Crippen LogP contribution in [0.4, 0.5) is 13.2 Å². The number of halogens is 4. The molecule has 0 aliphatic carbocycles. The number of methoxy groups -OCH3 is 1. The normalized spacial score (nSPS) is 15.3. The first kappa shape index (κ1) is 14.0. The van der Waals surface area contributed by atoms with E-state index in [9.17, 15) is 22.8 Å². The minimum Gasteiger partial charge on any atom is -0.465 e. The monoisotopic (exact) mass is 249 g/mol. The number of aliphatic hydroxyl groups is 1. The molecule has 15 heavy (non-hydrogen) atoms. The lowest BCUT2D eigenvalue weighted by atomic mass is 10.2. The third-order valence-electron chi connectivity index (χ3n) is 1.33. The number of esters is 1. The molecule has 2 N–H and O–H groups in total. The van der Waals surface area contributed by atoms with Gasteiger partial charge in [0.1, 0.15) is 5.88 Å². The number of nitrogens with one attached hydrogen (secondary N) is 1. The van der Waals surface area contributed by atoms with E-state index in [0.29, 0.717) is 7.11 Å². The lowest BCUT2D eigenvalue weighted by Gasteiger charge is -2.27. The predicted octanol–water partition coefficient (Wildman–Crippen LogP) is -0.235. The molecule has 1 atom stereocenters. The Balaban J connectivity index is 5.04. The van der Waals surface area contributed by atoms with E-state index >= 15 is 0 Å². The molecule has 0 saturated carbocycles. The standard InChI is InChI=1S/C6H7ClF3NO4/c1-15-4(13)5(14,6(8,9)10)11-3(12)2-7/h14H,2H2,1H3,(H,11,12). The Morgan fingerprint density at radius 3 is 2.20 bits per heavy atom. The Labute approximate surface area is 87.1 Å². The fourth-order valence-corrected chi connectivity index (χ4v) is 0.687. The third kappa shape index (κ3) is 2.96. The second-order valence-electron chi connectivity index (χ2n) is 2.38. The van der Waals surface area contributed by atoms with Gasteiger partial charge in [-0.3, -0.25) is 4.79 Å². The zero-order chi connectivity index (χ0) is 12.3. The average Bonchev–Trinajstić information content (AvgIpc) is 2.14. The summed E-state index contributed by atoms with van der Waals surface area (Å²) in [6, 6.07) is 0. The predicted molar refractivity (Wildman–Crippen MR) is 41.9 cm³/mol. The SMILES string of the molecule is COC(=O)C(O)(NC(=O)CCl)C(F)(F)F. The van der Waals surface area contributed by atoms with Crippen molar-refractivity contribution in [2.45, 2.75) is 11.9 Å². The highest BCUT2D eigenvalue weighted by molar-refractivity contribution is 6.27. The minimum absolute atomic E-state index is 0.631. The summed E-state index contributed by atoms with van der Waals surface area (Å²) in [4.78, 5) is 21.3. The van der Waals surface area contributed by atoms with Gasteiger partial charge in [0.2, 0.25) is 5.91 Å². The number of carbonyl (C=O) groups excluding carboxylic acids is 2. The molecular formula is C6H7ClF3NO4. The quantitative estimate of drug-likeness (QED) is 0.411. The number of ether oxygens (including phenoxy) is 1. The number of hydrogen-bond acceptors (Lipinski definition) is 4. The highest BCUT2D eigenvalue weighted by atomic mass is 35.5. The summed E-state index contributed by atoms with van der Waals surface area (Å²) in [5.74, 6) is -4.24. The van der Waals surface area contributed by atoms with Crippen LogP contribution in [0.25, 0.3) is 0 Å². The van der Waals surface area contributed by atoms with Crippen molar-refractivity contribution in [3.63, 3.8) is 0 Å². The molecule has 0 aliphatic heterocycles. The maximum absolute atomic E-state index is 12.2. The number of alkyl halides is 4. The molecule has 0 bridgehead atoms. The molecule has 88 valence electrons. The van der Waals surface area contributed by atoms with E-state index in [4.69, 9.17) is 16.7 Å². The van der Waals surface area contributed by atoms with Gasteiger partial charge >= 0.3 is 17.9 Å². The first-order chi connectivity index (χ1) is 6.69. The van der Waals surface area contributed by atoms with Gasteiger partial charge in [0.15, 0.2) is 0 Å². The average molecular weight is 250 g/mol. The summed E-state index contributed by atoms with van der Waals surface area (Å²) < 4.78 is 40.4. The molecule has 0 radical (unpaired) electrons. The number of carbonyl (C=O) groups is 2. The summed E-state index contributed by atoms with van der Waals surface area (Å²) in [6.07, 6.45) is -5.40. The zero-order valence-electron chi connectivity index (χ0n) is 7.39. The number of rotatable bonds is 3. The second-order valence-corrected chi connectivity index (χ2v) is 2.65. The van der Waals surface area contributed by atoms with E-state index < -0.39 is 29.7 Å². The smallest absolute Gasteiger partial charge is 0.448 e. The molecule has 0 rings (SSSR count). The molecule has 0 fully saturated rings. The van der Waals surface area contributed by atoms with E-state index in [-0.39, 0.29) is 0 Å². The van der Waals surface area contributed by atoms with Crippen LogP contribution in [0.5, 0.6) is 0 Å². The number of amides is 1. The molecule has 0 spiro atoms. The fraction of sp³-hybridized carbons (Fsp3) is 0.667. The second kappa shape index (κ2) is 4.67. The van der Waals surface area contributed by atoms with Crippen molar-refractivity contribution in [3.05, 3.63) is 0 Å². The Morgan fingerprint density at radius 2 is 1.93 bits per heavy atom. The molecule has 1 amide bonds. The van der Waals surface area contributed by atoms with E-state index in [1.54, 1.807) is 0 Å². The lowest BCUT2D eigenvalue weighted by Crippen LogP contribution is -2.64. The van der Waals surface area contributed by atoms with Crippen molar-refractivity contribution >= 4 is 23.5 Å². The van der Waals surface area contributed by atoms with Gasteiger partial charge in [0, 0.05) is 0 Å². The van der Waals surface area contributed by atoms with Gasteiger partial charge in [0.05, 0.1) is 7.11 Å². The lowest BCUT2D eigenvalue weighted by molar-refractivity contribution is -0.270. The molecule has 0 aliphatic rings. The van der Waals surface area contributed by atoms with Gasteiger partial charge in [-0.05, 0) is 0 Å². The molecule has 1 unspecified atom stereocenters. The minimum atomic E-state index is -5.40. The van der Waals surface area contributed by atoms with Crippen LogP contribution in [0.2, 0.25) is 0 Å². The van der Waals surface area contributed by atoms with E-state index in [2.05, 4.69) is 4.74 Å². The Bertz CT molecular complexity index is 270. The largest absolute Gasteiger partial charge is 0.465 e. The van der Waals surface area contributed by atoms with E-state index in [0.717, 1.165) is 5.32 Å². The van der Waals surface area contributed by atoms with Gasteiger partial charge in [0.25, 0.3) is 0 Å². The summed E-state index contributed by atoms with van der Waals surface area (Å²) >= 11 is 4.91. The summed E-state index contributed by atoms with van der Waals surface area (Å²) in [5, 5.41) is 9.95. The van der Waals surface area contributed by atoms with Crippen LogP contribution in [-0.2, 0) is 14.3 Å². The molecule has 0 saturated heterocycles. The van der Waals surface area contributed by atoms with Crippen molar-refractivity contribution in [1.82, 2.24) is 5.32 Å². The molecule has 0 aromatic heterocycles. The van der Waals surface area contributed by atoms with Crippen LogP contribution in [0, 0.1) is 0 Å². The van der Waals surface area contributed by atoms with Gasteiger partial charge < -0.3 is 15.2 Å². The van der Waals surface area contributed by atoms with Crippen LogP contribution >= 0.6 is 11.6 Å². The Morgan fingerprint density at radius 1 is 1.47 bits per heavy atom. The van der Waals surface area contributed by atoms with Crippen molar-refractivity contribution in [2.24, 2.45) is 0 Å². The molecular weight excluding hydrogens is 243 g/mol. The first-order valence-electron chi connectivity index (χ1n) is 3.43. The van der Waals surface area contributed by atoms with Crippen LogP contribution in [0.15, 0.2) is 0 Å². The Kier molecular flexibility index (Phi) is 4.35. The fourth-order valence-electron chi connectivity index (χ4n) is 0.621. The van der Waals surface area contributed by atoms with Crippen molar-refractivity contribution in [1.29, 1.82) is 0 Å². The van der Waals surface area contributed by atoms with Gasteiger partial charge in [-0.2, -0.15) is 13.2 Å². The molecule has 0 heterocycles. The molecule has 0 aromatic rings. The summed E-state index contributed by atoms with van der Waals surface area (Å²) in [6.45, 7) is 0. The highest BCUT2D eigenvalue weighted by Crippen LogP contribution is 2.29. The van der Waals surface area contributed by atoms with E-state index in [1.807, 2.05) is 0 Å². The van der Waals surface area contributed by atoms with Crippen molar-refractivity contribution in [3.8, 4) is 0 Å². The van der Waals surface area contributed by atoms with E-state index in [1.165, 1.54) is 0 Å². The molecule has 9 heteroatoms. The van der Waals surface area contributed by atoms with Crippen LogP contribution < -0.4 is 5.32 Å². The maximum Gasteiger partial charge on any atom is 0.448 e. The topological polar surface area (TPSA) is 75.6 Å². The summed E-state index contributed by atoms with van der Waals surface area (Å²) in [5.41, 5.74) is -4.08. The maximum atomic E-state index is 12.2. The van der Waals surface area contributed by atoms with Crippen LogP contribution in [0.3, 0.4) is 0 Å². The third-order valence-corrected chi connectivity index (χ3v) is 1.58. The van der Waals surface area contributed by atoms with Crippen LogP contribution in [-0.4, -0.2) is 41.9 Å². The zero-order valence-corrected chi connectivity index (χ0v) is 8.15. The van der Waals surface area contributed by atoms with Crippen molar-refractivity contribution in [2.75, 3.05) is 13.0 Å². The Hall–Kier alpha value is -1.02. The highest BCUT2D eigenvalue weighted by Gasteiger charge is 2.62.